The highest BCUT2D eigenvalue weighted by atomic mass is 14.0. The quantitative estimate of drug-likeness (QED) is 0.512. The molecule has 62 valence electrons. The molecule has 0 aliphatic heterocycles. The molecule has 0 aliphatic carbocycles. The molecule has 0 spiro atoms. The van der Waals surface area contributed by atoms with Gasteiger partial charge in [-0.15, -0.1) is 0 Å². The van der Waals surface area contributed by atoms with E-state index in [1.54, 1.807) is 0 Å². The molecular weight excluding hydrogens is 120 g/mol. The standard InChI is InChI=1S/C10H21/c1-5-10(4)8-6-7-9(2)3/h5,9-10H,6-8H2,1-4H3/q-1. The Labute approximate surface area is 66.0 Å². The van der Waals surface area contributed by atoms with Crippen molar-refractivity contribution in [1.29, 1.82) is 0 Å². The normalized spacial score (nSPS) is 14.1. The average molecular weight is 141 g/mol. The fourth-order valence-corrected chi connectivity index (χ4v) is 1.01. The van der Waals surface area contributed by atoms with Crippen molar-refractivity contribution in [3.63, 3.8) is 0 Å². The lowest BCUT2D eigenvalue weighted by molar-refractivity contribution is 0.489. The van der Waals surface area contributed by atoms with Crippen molar-refractivity contribution >= 4 is 0 Å². The van der Waals surface area contributed by atoms with Crippen LogP contribution in [0.1, 0.15) is 47.0 Å². The van der Waals surface area contributed by atoms with Crippen LogP contribution >= 0.6 is 0 Å². The lowest BCUT2D eigenvalue weighted by atomic mass is 9.98. The molecule has 0 aliphatic rings. The fraction of sp³-hybridized carbons (Fsp3) is 0.900. The van der Waals surface area contributed by atoms with Gasteiger partial charge < -0.3 is 6.42 Å². The average Bonchev–Trinajstić information content (AvgIpc) is 1.87. The summed E-state index contributed by atoms with van der Waals surface area (Å²) in [5.74, 6) is 1.70. The molecule has 0 heterocycles. The molecule has 0 heteroatoms. The van der Waals surface area contributed by atoms with Crippen LogP contribution in [0, 0.1) is 18.3 Å². The fourth-order valence-electron chi connectivity index (χ4n) is 1.01. The first kappa shape index (κ1) is 10.0. The van der Waals surface area contributed by atoms with E-state index in [1.807, 2.05) is 0 Å². The minimum atomic E-state index is 0.818. The summed E-state index contributed by atoms with van der Waals surface area (Å²) in [6.45, 7) is 9.03. The Morgan fingerprint density at radius 2 is 1.70 bits per heavy atom. The summed E-state index contributed by atoms with van der Waals surface area (Å²) in [5, 5.41) is 0. The van der Waals surface area contributed by atoms with Gasteiger partial charge in [0.25, 0.3) is 0 Å². The zero-order valence-electron chi connectivity index (χ0n) is 7.85. The zero-order chi connectivity index (χ0) is 7.98. The van der Waals surface area contributed by atoms with E-state index in [1.165, 1.54) is 19.3 Å². The van der Waals surface area contributed by atoms with Gasteiger partial charge in [0.05, 0.1) is 0 Å². The molecule has 0 fully saturated rings. The lowest BCUT2D eigenvalue weighted by Gasteiger charge is -2.16. The van der Waals surface area contributed by atoms with Gasteiger partial charge in [0, 0.05) is 0 Å². The maximum Gasteiger partial charge on any atom is -0.0471 e. The van der Waals surface area contributed by atoms with Crippen molar-refractivity contribution in [1.82, 2.24) is 0 Å². The Hall–Kier alpha value is 0. The first-order chi connectivity index (χ1) is 4.66. The summed E-state index contributed by atoms with van der Waals surface area (Å²) >= 11 is 0. The van der Waals surface area contributed by atoms with Gasteiger partial charge in [-0.05, 0) is 5.92 Å². The highest BCUT2D eigenvalue weighted by molar-refractivity contribution is 4.66. The van der Waals surface area contributed by atoms with E-state index < -0.39 is 0 Å². The Kier molecular flexibility index (Phi) is 5.76. The highest BCUT2D eigenvalue weighted by Crippen LogP contribution is 2.13. The second kappa shape index (κ2) is 5.76. The SMILES string of the molecule is C[CH-]C(C)CCCC(C)C. The molecule has 0 nitrogen and oxygen atoms in total. The molecule has 0 amide bonds. The van der Waals surface area contributed by atoms with Gasteiger partial charge in [0.1, 0.15) is 0 Å². The molecule has 0 saturated carbocycles. The van der Waals surface area contributed by atoms with Crippen LogP contribution in [0.2, 0.25) is 0 Å². The Bertz CT molecular complexity index is 64.4. The van der Waals surface area contributed by atoms with Crippen LogP contribution in [-0.4, -0.2) is 0 Å². The second-order valence-corrected chi connectivity index (χ2v) is 3.64. The number of hydrogen-bond donors (Lipinski definition) is 0. The van der Waals surface area contributed by atoms with E-state index in [2.05, 4.69) is 34.1 Å². The first-order valence-electron chi connectivity index (χ1n) is 4.46. The maximum absolute atomic E-state index is 2.29. The summed E-state index contributed by atoms with van der Waals surface area (Å²) in [4.78, 5) is 0. The van der Waals surface area contributed by atoms with Crippen molar-refractivity contribution in [2.24, 2.45) is 11.8 Å². The summed E-state index contributed by atoms with van der Waals surface area (Å²) in [6.07, 6.45) is 6.44. The summed E-state index contributed by atoms with van der Waals surface area (Å²) in [6, 6.07) is 0. The largest absolute Gasteiger partial charge is 0.329 e. The first-order valence-corrected chi connectivity index (χ1v) is 4.46. The molecule has 0 N–H and O–H groups in total. The summed E-state index contributed by atoms with van der Waals surface area (Å²) in [7, 11) is 0. The van der Waals surface area contributed by atoms with Gasteiger partial charge in [-0.2, -0.15) is 12.8 Å². The molecule has 0 radical (unpaired) electrons. The second-order valence-electron chi connectivity index (χ2n) is 3.64. The Balaban J connectivity index is 3.03. The van der Waals surface area contributed by atoms with Crippen molar-refractivity contribution in [2.75, 3.05) is 0 Å². The van der Waals surface area contributed by atoms with Crippen LogP contribution in [0.15, 0.2) is 0 Å². The number of hydrogen-bond acceptors (Lipinski definition) is 0. The third-order valence-corrected chi connectivity index (χ3v) is 2.01. The molecule has 10 heavy (non-hydrogen) atoms. The van der Waals surface area contributed by atoms with Crippen molar-refractivity contribution < 1.29 is 0 Å². The van der Waals surface area contributed by atoms with Crippen molar-refractivity contribution in [3.8, 4) is 0 Å². The summed E-state index contributed by atoms with van der Waals surface area (Å²) < 4.78 is 0. The zero-order valence-corrected chi connectivity index (χ0v) is 7.85. The van der Waals surface area contributed by atoms with Crippen LogP contribution < -0.4 is 0 Å². The van der Waals surface area contributed by atoms with E-state index in [4.69, 9.17) is 0 Å². The van der Waals surface area contributed by atoms with E-state index >= 15 is 0 Å². The highest BCUT2D eigenvalue weighted by Gasteiger charge is 1.94. The van der Waals surface area contributed by atoms with Crippen LogP contribution in [-0.2, 0) is 0 Å². The lowest BCUT2D eigenvalue weighted by Crippen LogP contribution is -1.94. The molecule has 0 aromatic rings. The van der Waals surface area contributed by atoms with Crippen LogP contribution in [0.4, 0.5) is 0 Å². The van der Waals surface area contributed by atoms with Gasteiger partial charge in [-0.25, -0.2) is 0 Å². The molecule has 1 atom stereocenters. The van der Waals surface area contributed by atoms with E-state index in [-0.39, 0.29) is 0 Å². The van der Waals surface area contributed by atoms with Gasteiger partial charge in [0.2, 0.25) is 0 Å². The minimum absolute atomic E-state index is 0.818. The van der Waals surface area contributed by atoms with Crippen molar-refractivity contribution in [3.05, 3.63) is 6.42 Å². The topological polar surface area (TPSA) is 0 Å². The number of rotatable bonds is 5. The van der Waals surface area contributed by atoms with Crippen LogP contribution in [0.3, 0.4) is 0 Å². The molecule has 0 saturated heterocycles. The van der Waals surface area contributed by atoms with E-state index in [9.17, 15) is 0 Å². The predicted octanol–water partition coefficient (Wildman–Crippen LogP) is 3.67. The summed E-state index contributed by atoms with van der Waals surface area (Å²) in [5.41, 5.74) is 0. The predicted molar refractivity (Wildman–Crippen MR) is 47.8 cm³/mol. The molecule has 0 bridgehead atoms. The molecule has 0 rings (SSSR count). The third kappa shape index (κ3) is 6.12. The van der Waals surface area contributed by atoms with E-state index in [0.717, 1.165) is 11.8 Å². The smallest absolute Gasteiger partial charge is 0.0471 e. The van der Waals surface area contributed by atoms with Crippen LogP contribution in [0.25, 0.3) is 0 Å². The van der Waals surface area contributed by atoms with Gasteiger partial charge in [0.15, 0.2) is 0 Å². The molecular formula is C10H21-. The monoisotopic (exact) mass is 141 g/mol. The third-order valence-electron chi connectivity index (χ3n) is 2.01. The van der Waals surface area contributed by atoms with Crippen molar-refractivity contribution in [2.45, 2.75) is 47.0 Å². The Morgan fingerprint density at radius 1 is 1.10 bits per heavy atom. The maximum atomic E-state index is 2.29. The Morgan fingerprint density at radius 3 is 2.10 bits per heavy atom. The van der Waals surface area contributed by atoms with Crippen LogP contribution in [0.5, 0.6) is 0 Å². The minimum Gasteiger partial charge on any atom is -0.329 e. The molecule has 0 aromatic heterocycles. The molecule has 0 aromatic carbocycles. The van der Waals surface area contributed by atoms with Gasteiger partial charge in [-0.3, -0.25) is 0 Å². The van der Waals surface area contributed by atoms with E-state index in [0.29, 0.717) is 0 Å². The molecule has 1 unspecified atom stereocenters. The van der Waals surface area contributed by atoms with Gasteiger partial charge >= 0.3 is 0 Å². The van der Waals surface area contributed by atoms with Gasteiger partial charge in [-0.1, -0.05) is 40.0 Å².